The van der Waals surface area contributed by atoms with Crippen molar-refractivity contribution >= 4 is 7.12 Å². The SMILES string of the molecule is C[C](N)CCB(O)O. The van der Waals surface area contributed by atoms with Gasteiger partial charge in [0, 0.05) is 6.04 Å². The highest BCUT2D eigenvalue weighted by atomic mass is 16.4. The van der Waals surface area contributed by atoms with Gasteiger partial charge in [0.2, 0.25) is 0 Å². The summed E-state index contributed by atoms with van der Waals surface area (Å²) in [6.45, 7) is 1.75. The van der Waals surface area contributed by atoms with Crippen molar-refractivity contribution in [1.82, 2.24) is 0 Å². The van der Waals surface area contributed by atoms with Gasteiger partial charge in [0.05, 0.1) is 0 Å². The first kappa shape index (κ1) is 7.94. The van der Waals surface area contributed by atoms with Gasteiger partial charge < -0.3 is 15.8 Å². The maximum absolute atomic E-state index is 8.29. The van der Waals surface area contributed by atoms with Gasteiger partial charge in [-0.15, -0.1) is 0 Å². The maximum atomic E-state index is 8.29. The van der Waals surface area contributed by atoms with Gasteiger partial charge in [0.1, 0.15) is 0 Å². The Labute approximate surface area is 49.7 Å². The van der Waals surface area contributed by atoms with E-state index in [0.29, 0.717) is 12.7 Å². The van der Waals surface area contributed by atoms with Crippen LogP contribution in [0.1, 0.15) is 13.3 Å². The van der Waals surface area contributed by atoms with Crippen LogP contribution in [0.5, 0.6) is 0 Å². The molecule has 8 heavy (non-hydrogen) atoms. The predicted octanol–water partition coefficient (Wildman–Crippen LogP) is -0.640. The van der Waals surface area contributed by atoms with Gasteiger partial charge in [-0.25, -0.2) is 0 Å². The highest BCUT2D eigenvalue weighted by Crippen LogP contribution is 2.00. The molecule has 0 aromatic carbocycles. The van der Waals surface area contributed by atoms with Gasteiger partial charge in [0.25, 0.3) is 0 Å². The van der Waals surface area contributed by atoms with Gasteiger partial charge in [-0.1, -0.05) is 0 Å². The molecule has 0 bridgehead atoms. The summed E-state index contributed by atoms with van der Waals surface area (Å²) in [5, 5.41) is 16.6. The molecule has 0 heterocycles. The summed E-state index contributed by atoms with van der Waals surface area (Å²) >= 11 is 0. The van der Waals surface area contributed by atoms with Crippen LogP contribution >= 0.6 is 0 Å². The second-order valence-corrected chi connectivity index (χ2v) is 1.87. The molecule has 0 aliphatic carbocycles. The number of nitrogens with two attached hydrogens (primary N) is 1. The van der Waals surface area contributed by atoms with E-state index >= 15 is 0 Å². The molecule has 0 unspecified atom stereocenters. The van der Waals surface area contributed by atoms with E-state index in [4.69, 9.17) is 15.8 Å². The highest BCUT2D eigenvalue weighted by Gasteiger charge is 2.06. The van der Waals surface area contributed by atoms with Crippen LogP contribution in [0.25, 0.3) is 0 Å². The minimum Gasteiger partial charge on any atom is -0.427 e. The van der Waals surface area contributed by atoms with E-state index < -0.39 is 7.12 Å². The Balaban J connectivity index is 2.93. The minimum atomic E-state index is -1.21. The highest BCUT2D eigenvalue weighted by molar-refractivity contribution is 6.40. The summed E-state index contributed by atoms with van der Waals surface area (Å²) in [5.74, 6) is 0. The zero-order chi connectivity index (χ0) is 6.57. The summed E-state index contributed by atoms with van der Waals surface area (Å²) in [5.41, 5.74) is 5.24. The Morgan fingerprint density at radius 2 is 2.12 bits per heavy atom. The molecule has 0 aromatic rings. The first-order chi connectivity index (χ1) is 3.63. The summed E-state index contributed by atoms with van der Waals surface area (Å²) < 4.78 is 0. The van der Waals surface area contributed by atoms with Crippen LogP contribution in [0.15, 0.2) is 0 Å². The smallest absolute Gasteiger partial charge is 0.427 e. The lowest BCUT2D eigenvalue weighted by molar-refractivity contribution is 0.403. The monoisotopic (exact) mass is 116 g/mol. The van der Waals surface area contributed by atoms with Gasteiger partial charge in [-0.2, -0.15) is 0 Å². The Bertz CT molecular complexity index is 50.0. The molecule has 0 atom stereocenters. The molecule has 0 rings (SSSR count). The number of hydrogen-bond donors (Lipinski definition) is 3. The molecular formula is C4H11BNO2. The van der Waals surface area contributed by atoms with E-state index in [1.54, 1.807) is 6.92 Å². The molecule has 4 N–H and O–H groups in total. The molecule has 0 fully saturated rings. The van der Waals surface area contributed by atoms with Gasteiger partial charge in [-0.3, -0.25) is 0 Å². The van der Waals surface area contributed by atoms with Crippen LogP contribution in [-0.2, 0) is 0 Å². The molecule has 0 aromatic heterocycles. The normalized spacial score (nSPS) is 10.1. The van der Waals surface area contributed by atoms with Crippen molar-refractivity contribution in [3.63, 3.8) is 0 Å². The Kier molecular flexibility index (Phi) is 3.86. The van der Waals surface area contributed by atoms with Crippen LogP contribution in [0.3, 0.4) is 0 Å². The molecule has 1 radical (unpaired) electrons. The first-order valence-corrected chi connectivity index (χ1v) is 2.57. The van der Waals surface area contributed by atoms with Crippen molar-refractivity contribution in [2.75, 3.05) is 0 Å². The second kappa shape index (κ2) is 3.89. The van der Waals surface area contributed by atoms with Crippen molar-refractivity contribution in [2.24, 2.45) is 5.73 Å². The van der Waals surface area contributed by atoms with E-state index in [9.17, 15) is 0 Å². The van der Waals surface area contributed by atoms with Crippen LogP contribution in [0, 0.1) is 6.04 Å². The van der Waals surface area contributed by atoms with E-state index in [2.05, 4.69) is 0 Å². The van der Waals surface area contributed by atoms with Crippen molar-refractivity contribution < 1.29 is 10.0 Å². The van der Waals surface area contributed by atoms with E-state index in [1.165, 1.54) is 0 Å². The average molecular weight is 116 g/mol. The van der Waals surface area contributed by atoms with E-state index in [0.717, 1.165) is 6.04 Å². The number of rotatable bonds is 3. The number of hydrogen-bond acceptors (Lipinski definition) is 3. The lowest BCUT2D eigenvalue weighted by Gasteiger charge is -2.00. The maximum Gasteiger partial charge on any atom is 0.451 e. The topological polar surface area (TPSA) is 66.5 Å². The summed E-state index contributed by atoms with van der Waals surface area (Å²) in [4.78, 5) is 0. The fourth-order valence-corrected chi connectivity index (χ4v) is 0.357. The van der Waals surface area contributed by atoms with Crippen LogP contribution < -0.4 is 5.73 Å². The molecule has 0 saturated heterocycles. The minimum absolute atomic E-state index is 0.336. The van der Waals surface area contributed by atoms with Gasteiger partial charge in [0.15, 0.2) is 0 Å². The molecular weight excluding hydrogens is 105 g/mol. The zero-order valence-corrected chi connectivity index (χ0v) is 4.96. The quantitative estimate of drug-likeness (QED) is 0.429. The third-order valence-electron chi connectivity index (χ3n) is 0.797. The predicted molar refractivity (Wildman–Crippen MR) is 32.7 cm³/mol. The molecule has 0 spiro atoms. The Hall–Kier alpha value is -0.0551. The molecule has 0 aliphatic rings. The summed E-state index contributed by atoms with van der Waals surface area (Å²) in [6, 6.07) is 0.734. The molecule has 4 heteroatoms. The third-order valence-corrected chi connectivity index (χ3v) is 0.797. The fourth-order valence-electron chi connectivity index (χ4n) is 0.357. The molecule has 0 saturated carbocycles. The molecule has 0 amide bonds. The Morgan fingerprint density at radius 1 is 1.62 bits per heavy atom. The van der Waals surface area contributed by atoms with Gasteiger partial charge >= 0.3 is 7.12 Å². The van der Waals surface area contributed by atoms with Crippen molar-refractivity contribution in [3.8, 4) is 0 Å². The third kappa shape index (κ3) is 5.94. The molecule has 0 aliphatic heterocycles. The largest absolute Gasteiger partial charge is 0.451 e. The lowest BCUT2D eigenvalue weighted by Crippen LogP contribution is -2.14. The van der Waals surface area contributed by atoms with Crippen LogP contribution in [-0.4, -0.2) is 17.2 Å². The first-order valence-electron chi connectivity index (χ1n) is 2.57. The van der Waals surface area contributed by atoms with Crippen molar-refractivity contribution in [3.05, 3.63) is 6.04 Å². The second-order valence-electron chi connectivity index (χ2n) is 1.87. The lowest BCUT2D eigenvalue weighted by atomic mass is 9.83. The molecule has 3 nitrogen and oxygen atoms in total. The average Bonchev–Trinajstić information content (AvgIpc) is 1.61. The Morgan fingerprint density at radius 3 is 2.25 bits per heavy atom. The fraction of sp³-hybridized carbons (Fsp3) is 0.750. The van der Waals surface area contributed by atoms with E-state index in [-0.39, 0.29) is 0 Å². The van der Waals surface area contributed by atoms with Crippen molar-refractivity contribution in [2.45, 2.75) is 19.7 Å². The van der Waals surface area contributed by atoms with Crippen LogP contribution in [0.4, 0.5) is 0 Å². The summed E-state index contributed by atoms with van der Waals surface area (Å²) in [6.07, 6.45) is 0.917. The molecule has 47 valence electrons. The zero-order valence-electron chi connectivity index (χ0n) is 4.96. The van der Waals surface area contributed by atoms with Gasteiger partial charge in [-0.05, 0) is 19.7 Å². The summed E-state index contributed by atoms with van der Waals surface area (Å²) in [7, 11) is -1.21. The van der Waals surface area contributed by atoms with Crippen LogP contribution in [0.2, 0.25) is 6.32 Å². The standard InChI is InChI=1S/C4H11BNO2/c1-4(6)2-3-5(7)8/h7-8H,2-3,6H2,1H3. The van der Waals surface area contributed by atoms with E-state index in [1.807, 2.05) is 0 Å². The van der Waals surface area contributed by atoms with Crippen molar-refractivity contribution in [1.29, 1.82) is 0 Å².